The largest absolute Gasteiger partial charge is 0.454 e. The van der Waals surface area contributed by atoms with Crippen LogP contribution in [0.4, 0.5) is 4.39 Å². The lowest BCUT2D eigenvalue weighted by Crippen LogP contribution is -2.29. The minimum Gasteiger partial charge on any atom is -0.454 e. The fraction of sp³-hybridized carbons (Fsp3) is 0.429. The summed E-state index contributed by atoms with van der Waals surface area (Å²) in [7, 11) is 0. The van der Waals surface area contributed by atoms with Crippen LogP contribution in [-0.2, 0) is 12.1 Å². The van der Waals surface area contributed by atoms with Crippen LogP contribution in [-0.4, -0.2) is 29.9 Å². The van der Waals surface area contributed by atoms with Crippen molar-refractivity contribution in [3.8, 4) is 11.5 Å². The highest BCUT2D eigenvalue weighted by Crippen LogP contribution is 2.36. The Hall–Kier alpha value is -2.11. The number of hydrogen-bond donors (Lipinski definition) is 1. The van der Waals surface area contributed by atoms with Crippen molar-refractivity contribution in [2.24, 2.45) is 0 Å². The molecule has 0 spiro atoms. The van der Waals surface area contributed by atoms with Crippen molar-refractivity contribution < 1.29 is 19.0 Å². The zero-order valence-corrected chi connectivity index (χ0v) is 15.0. The molecule has 0 aromatic heterocycles. The topological polar surface area (TPSA) is 41.9 Å². The van der Waals surface area contributed by atoms with Crippen LogP contribution in [0.2, 0.25) is 0 Å². The summed E-state index contributed by atoms with van der Waals surface area (Å²) in [6.45, 7) is 4.91. The number of likely N-dealkylation sites (tertiary alicyclic amines) is 1. The molecule has 4 rings (SSSR count). The maximum Gasteiger partial charge on any atom is 0.231 e. The van der Waals surface area contributed by atoms with E-state index in [1.807, 2.05) is 6.07 Å². The Balaban J connectivity index is 1.46. The zero-order valence-electron chi connectivity index (χ0n) is 15.0. The number of hydrogen-bond acceptors (Lipinski definition) is 4. The smallest absolute Gasteiger partial charge is 0.231 e. The number of ether oxygens (including phenoxy) is 2. The van der Waals surface area contributed by atoms with Gasteiger partial charge in [-0.25, -0.2) is 4.39 Å². The standard InChI is InChI=1S/C21H24FNO3/c1-15-11-19-20(26-14-25-19)12-16(15)13-23-9-2-7-21(24,8-10-23)17-3-5-18(22)6-4-17/h3-6,11-12,24H,2,7-10,13-14H2,1H3/t21-/m1/s1. The van der Waals surface area contributed by atoms with Crippen molar-refractivity contribution in [2.75, 3.05) is 19.9 Å². The second-order valence-corrected chi connectivity index (χ2v) is 7.30. The summed E-state index contributed by atoms with van der Waals surface area (Å²) < 4.78 is 24.1. The minimum absolute atomic E-state index is 0.272. The Kier molecular flexibility index (Phi) is 4.59. The van der Waals surface area contributed by atoms with E-state index in [0.29, 0.717) is 12.8 Å². The number of halogens is 1. The summed E-state index contributed by atoms with van der Waals surface area (Å²) in [5.74, 6) is 1.35. The van der Waals surface area contributed by atoms with Gasteiger partial charge < -0.3 is 14.6 Å². The fourth-order valence-electron chi connectivity index (χ4n) is 3.88. The predicted octanol–water partition coefficient (Wildman–Crippen LogP) is 3.74. The Morgan fingerprint density at radius 3 is 2.58 bits per heavy atom. The van der Waals surface area contributed by atoms with Crippen molar-refractivity contribution in [1.29, 1.82) is 0 Å². The second-order valence-electron chi connectivity index (χ2n) is 7.30. The molecule has 2 aliphatic rings. The Labute approximate surface area is 153 Å². The first-order valence-electron chi connectivity index (χ1n) is 9.13. The highest BCUT2D eigenvalue weighted by molar-refractivity contribution is 5.48. The first-order valence-corrected chi connectivity index (χ1v) is 9.13. The van der Waals surface area contributed by atoms with Gasteiger partial charge in [-0.1, -0.05) is 12.1 Å². The van der Waals surface area contributed by atoms with E-state index in [0.717, 1.165) is 43.1 Å². The molecule has 2 aromatic carbocycles. The van der Waals surface area contributed by atoms with Crippen LogP contribution in [0.5, 0.6) is 11.5 Å². The zero-order chi connectivity index (χ0) is 18.1. The third-order valence-electron chi connectivity index (χ3n) is 5.51. The highest BCUT2D eigenvalue weighted by atomic mass is 19.1. The van der Waals surface area contributed by atoms with Crippen LogP contribution in [0.25, 0.3) is 0 Å². The molecule has 4 nitrogen and oxygen atoms in total. The van der Waals surface area contributed by atoms with E-state index in [4.69, 9.17) is 9.47 Å². The van der Waals surface area contributed by atoms with Gasteiger partial charge in [-0.05, 0) is 73.7 Å². The van der Waals surface area contributed by atoms with Crippen molar-refractivity contribution in [3.05, 3.63) is 58.9 Å². The van der Waals surface area contributed by atoms with Crippen LogP contribution in [0.15, 0.2) is 36.4 Å². The van der Waals surface area contributed by atoms with Crippen LogP contribution >= 0.6 is 0 Å². The summed E-state index contributed by atoms with van der Waals surface area (Å²) in [5, 5.41) is 11.1. The van der Waals surface area contributed by atoms with Crippen LogP contribution < -0.4 is 9.47 Å². The highest BCUT2D eigenvalue weighted by Gasteiger charge is 2.32. The monoisotopic (exact) mass is 357 g/mol. The Bertz CT molecular complexity index is 793. The van der Waals surface area contributed by atoms with Gasteiger partial charge in [-0.15, -0.1) is 0 Å². The van der Waals surface area contributed by atoms with Gasteiger partial charge in [0.1, 0.15) is 5.82 Å². The number of rotatable bonds is 3. The molecule has 2 aromatic rings. The molecule has 1 N–H and O–H groups in total. The van der Waals surface area contributed by atoms with Crippen molar-refractivity contribution in [3.63, 3.8) is 0 Å². The molecule has 2 heterocycles. The molecular weight excluding hydrogens is 333 g/mol. The molecule has 1 atom stereocenters. The minimum atomic E-state index is -0.883. The van der Waals surface area contributed by atoms with Crippen LogP contribution in [0.1, 0.15) is 36.0 Å². The van der Waals surface area contributed by atoms with Crippen molar-refractivity contribution in [2.45, 2.75) is 38.3 Å². The average molecular weight is 357 g/mol. The molecule has 0 amide bonds. The summed E-state index contributed by atoms with van der Waals surface area (Å²) in [6.07, 6.45) is 2.23. The van der Waals surface area contributed by atoms with Gasteiger partial charge in [0.15, 0.2) is 11.5 Å². The Morgan fingerprint density at radius 1 is 1.08 bits per heavy atom. The molecule has 5 heteroatoms. The van der Waals surface area contributed by atoms with E-state index in [1.165, 1.54) is 23.3 Å². The van der Waals surface area contributed by atoms with Crippen molar-refractivity contribution >= 4 is 0 Å². The quantitative estimate of drug-likeness (QED) is 0.909. The third-order valence-corrected chi connectivity index (χ3v) is 5.51. The van der Waals surface area contributed by atoms with E-state index >= 15 is 0 Å². The average Bonchev–Trinajstić information content (AvgIpc) is 2.98. The first kappa shape index (κ1) is 17.3. The fourth-order valence-corrected chi connectivity index (χ4v) is 3.88. The van der Waals surface area contributed by atoms with Gasteiger partial charge in [0, 0.05) is 13.1 Å². The molecule has 26 heavy (non-hydrogen) atoms. The summed E-state index contributed by atoms with van der Waals surface area (Å²) in [6, 6.07) is 10.3. The van der Waals surface area contributed by atoms with Gasteiger partial charge in [-0.3, -0.25) is 4.90 Å². The Morgan fingerprint density at radius 2 is 1.81 bits per heavy atom. The van der Waals surface area contributed by atoms with E-state index in [1.54, 1.807) is 12.1 Å². The molecule has 0 saturated carbocycles. The van der Waals surface area contributed by atoms with Crippen LogP contribution in [0, 0.1) is 12.7 Å². The first-order chi connectivity index (χ1) is 12.5. The van der Waals surface area contributed by atoms with Gasteiger partial charge in [0.2, 0.25) is 6.79 Å². The van der Waals surface area contributed by atoms with E-state index in [9.17, 15) is 9.50 Å². The van der Waals surface area contributed by atoms with E-state index in [-0.39, 0.29) is 12.6 Å². The number of fused-ring (bicyclic) bond motifs is 1. The lowest BCUT2D eigenvalue weighted by atomic mass is 9.87. The summed E-state index contributed by atoms with van der Waals surface area (Å²) in [4.78, 5) is 2.37. The molecule has 0 unspecified atom stereocenters. The van der Waals surface area contributed by atoms with Gasteiger partial charge >= 0.3 is 0 Å². The summed E-state index contributed by atoms with van der Waals surface area (Å²) in [5.41, 5.74) is 2.33. The molecule has 1 fully saturated rings. The lowest BCUT2D eigenvalue weighted by Gasteiger charge is -2.27. The molecule has 1 saturated heterocycles. The number of benzene rings is 2. The predicted molar refractivity (Wildman–Crippen MR) is 96.7 cm³/mol. The second kappa shape index (κ2) is 6.89. The molecule has 138 valence electrons. The summed E-state index contributed by atoms with van der Waals surface area (Å²) >= 11 is 0. The SMILES string of the molecule is Cc1cc2c(cc1CN1CCC[C@](O)(c3ccc(F)cc3)CC1)OCO2. The normalized spacial score (nSPS) is 23.0. The maximum atomic E-state index is 13.2. The lowest BCUT2D eigenvalue weighted by molar-refractivity contribution is 0.0209. The van der Waals surface area contributed by atoms with Gasteiger partial charge in [0.05, 0.1) is 5.60 Å². The molecule has 2 aliphatic heterocycles. The van der Waals surface area contributed by atoms with Gasteiger partial charge in [-0.2, -0.15) is 0 Å². The third kappa shape index (κ3) is 3.41. The molecule has 0 aliphatic carbocycles. The van der Waals surface area contributed by atoms with Crippen LogP contribution in [0.3, 0.4) is 0 Å². The molecular formula is C21H24FNO3. The number of aliphatic hydroxyl groups is 1. The van der Waals surface area contributed by atoms with Crippen molar-refractivity contribution in [1.82, 2.24) is 4.90 Å². The molecule has 0 bridgehead atoms. The maximum absolute atomic E-state index is 13.2. The molecule has 0 radical (unpaired) electrons. The van der Waals surface area contributed by atoms with E-state index < -0.39 is 5.60 Å². The number of aryl methyl sites for hydroxylation is 1. The number of nitrogens with zero attached hydrogens (tertiary/aromatic N) is 1. The van der Waals surface area contributed by atoms with Gasteiger partial charge in [0.25, 0.3) is 0 Å². The van der Waals surface area contributed by atoms with E-state index in [2.05, 4.69) is 17.9 Å².